The molecule has 2 aliphatic heterocycles. The molecule has 1 saturated carbocycles. The fourth-order valence-corrected chi connectivity index (χ4v) is 6.12. The van der Waals surface area contributed by atoms with Crippen molar-refractivity contribution in [2.45, 2.75) is 41.5 Å². The Labute approximate surface area is 191 Å². The van der Waals surface area contributed by atoms with Gasteiger partial charge in [-0.2, -0.15) is 10.4 Å². The average molecular weight is 466 g/mol. The molecule has 3 aliphatic rings. The lowest BCUT2D eigenvalue weighted by Gasteiger charge is -2.25. The van der Waals surface area contributed by atoms with Gasteiger partial charge in [0.2, 0.25) is 5.43 Å². The predicted octanol–water partition coefficient (Wildman–Crippen LogP) is 2.78. The van der Waals surface area contributed by atoms with Crippen LogP contribution in [0, 0.1) is 17.1 Å². The third-order valence-corrected chi connectivity index (χ3v) is 7.78. The van der Waals surface area contributed by atoms with Crippen molar-refractivity contribution in [3.8, 4) is 11.8 Å². The second kappa shape index (κ2) is 7.31. The molecule has 1 aliphatic carbocycles. The van der Waals surface area contributed by atoms with E-state index in [1.807, 2.05) is 15.5 Å². The molecule has 2 aromatic heterocycles. The molecule has 9 nitrogen and oxygen atoms in total. The lowest BCUT2D eigenvalue weighted by molar-refractivity contribution is 0.100. The zero-order valence-corrected chi connectivity index (χ0v) is 18.5. The molecule has 33 heavy (non-hydrogen) atoms. The maximum Gasteiger partial charge on any atom is 0.201 e. The molecule has 2 unspecified atom stereocenters. The van der Waals surface area contributed by atoms with E-state index < -0.39 is 22.3 Å². The van der Waals surface area contributed by atoms with Crippen LogP contribution in [0.3, 0.4) is 0 Å². The van der Waals surface area contributed by atoms with Crippen LogP contribution in [0.5, 0.6) is 5.75 Å². The van der Waals surface area contributed by atoms with Crippen molar-refractivity contribution in [1.82, 2.24) is 19.7 Å². The number of halogens is 1. The van der Waals surface area contributed by atoms with Crippen molar-refractivity contribution >= 4 is 34.1 Å². The number of benzene rings is 1. The first-order valence-corrected chi connectivity index (χ1v) is 11.6. The summed E-state index contributed by atoms with van der Waals surface area (Å²) in [6.45, 7) is 1.11. The number of nitrogens with one attached hydrogen (secondary N) is 1. The van der Waals surface area contributed by atoms with E-state index in [0.717, 1.165) is 36.8 Å². The smallest absolute Gasteiger partial charge is 0.201 e. The summed E-state index contributed by atoms with van der Waals surface area (Å²) in [6, 6.07) is 3.27. The monoisotopic (exact) mass is 466 g/mol. The first-order valence-electron chi connectivity index (χ1n) is 10.7. The van der Waals surface area contributed by atoms with E-state index in [9.17, 15) is 14.9 Å². The third-order valence-electron chi connectivity index (χ3n) is 6.60. The van der Waals surface area contributed by atoms with Gasteiger partial charge in [-0.05, 0) is 25.3 Å². The molecule has 11 heteroatoms. The molecule has 0 amide bonds. The van der Waals surface area contributed by atoms with Crippen molar-refractivity contribution in [3.63, 3.8) is 0 Å². The Hall–Kier alpha value is -3.39. The number of carbonyl (C=O) groups is 1. The minimum absolute atomic E-state index is 0.00768. The molecule has 0 radical (unpaired) electrons. The minimum Gasteiger partial charge on any atom is -0.492 e. The average Bonchev–Trinajstić information content (AvgIpc) is 3.18. The number of hydrogen-bond acceptors (Lipinski definition) is 8. The van der Waals surface area contributed by atoms with Crippen LogP contribution in [0.2, 0.25) is 0 Å². The number of ether oxygens (including phenoxy) is 1. The standard InChI is InChI=1S/C22H19FN6O3S/c1-32-20-16-12(6-13(23)17(20)28-5-4-10(8-28)21-25-9-26-27-21)18(30)15-19(31)14(7-24)33-22(15)29(16)11-2-3-11/h6,9-11,14H,2-5,8H2,1H3,(H,25,26,27). The molecule has 2 fully saturated rings. The number of fused-ring (bicyclic) bond motifs is 2. The van der Waals surface area contributed by atoms with E-state index in [1.165, 1.54) is 19.5 Å². The van der Waals surface area contributed by atoms with E-state index >= 15 is 4.39 Å². The number of methoxy groups -OCH3 is 1. The Kier molecular flexibility index (Phi) is 4.48. The zero-order valence-electron chi connectivity index (χ0n) is 17.7. The number of nitrogens with zero attached hydrogens (tertiary/aromatic N) is 5. The number of pyridine rings is 1. The van der Waals surface area contributed by atoms with Crippen LogP contribution in [0.4, 0.5) is 10.1 Å². The van der Waals surface area contributed by atoms with Gasteiger partial charge in [0, 0.05) is 25.0 Å². The van der Waals surface area contributed by atoms with Crippen molar-refractivity contribution in [2.75, 3.05) is 25.1 Å². The van der Waals surface area contributed by atoms with Crippen molar-refractivity contribution < 1.29 is 13.9 Å². The molecule has 0 spiro atoms. The van der Waals surface area contributed by atoms with Gasteiger partial charge in [0.25, 0.3) is 0 Å². The second-order valence-electron chi connectivity index (χ2n) is 8.54. The first kappa shape index (κ1) is 20.2. The summed E-state index contributed by atoms with van der Waals surface area (Å²) >= 11 is 1.10. The highest BCUT2D eigenvalue weighted by Crippen LogP contribution is 2.49. The van der Waals surface area contributed by atoms with E-state index in [0.29, 0.717) is 29.3 Å². The summed E-state index contributed by atoms with van der Waals surface area (Å²) in [7, 11) is 1.47. The van der Waals surface area contributed by atoms with Crippen LogP contribution in [-0.4, -0.2) is 51.0 Å². The van der Waals surface area contributed by atoms with E-state index in [1.54, 1.807) is 0 Å². The zero-order chi connectivity index (χ0) is 22.9. The number of ketones is 1. The van der Waals surface area contributed by atoms with Gasteiger partial charge in [0.1, 0.15) is 17.8 Å². The summed E-state index contributed by atoms with van der Waals surface area (Å²) in [4.78, 5) is 32.2. The van der Waals surface area contributed by atoms with Crippen molar-refractivity contribution in [3.05, 3.63) is 39.8 Å². The summed E-state index contributed by atoms with van der Waals surface area (Å²) in [5.74, 6) is 0.0254. The van der Waals surface area contributed by atoms with Crippen LogP contribution in [0.15, 0.2) is 22.2 Å². The Morgan fingerprint density at radius 2 is 2.15 bits per heavy atom. The number of anilines is 1. The number of rotatable bonds is 4. The van der Waals surface area contributed by atoms with Gasteiger partial charge >= 0.3 is 0 Å². The molecule has 168 valence electrons. The van der Waals surface area contributed by atoms with E-state index in [2.05, 4.69) is 15.2 Å². The number of hydrogen-bond donors (Lipinski definition) is 1. The number of thioether (sulfide) groups is 1. The maximum absolute atomic E-state index is 15.6. The largest absolute Gasteiger partial charge is 0.492 e. The fourth-order valence-electron chi connectivity index (χ4n) is 4.95. The molecule has 4 heterocycles. The minimum atomic E-state index is -0.967. The maximum atomic E-state index is 15.6. The van der Waals surface area contributed by atoms with Crippen LogP contribution >= 0.6 is 11.8 Å². The SMILES string of the molecule is COc1c(N2CCC(c3ncn[nH]3)C2)c(F)cc2c(=O)c3c(n(C4CC4)c12)SC(C#N)C3=O. The molecule has 3 aromatic rings. The summed E-state index contributed by atoms with van der Waals surface area (Å²) in [6.07, 6.45) is 3.98. The highest BCUT2D eigenvalue weighted by atomic mass is 32.2. The molecule has 1 aromatic carbocycles. The van der Waals surface area contributed by atoms with E-state index in [-0.39, 0.29) is 28.7 Å². The quantitative estimate of drug-likeness (QED) is 0.624. The van der Waals surface area contributed by atoms with Gasteiger partial charge in [-0.1, -0.05) is 11.8 Å². The van der Waals surface area contributed by atoms with Gasteiger partial charge in [-0.25, -0.2) is 9.37 Å². The number of nitriles is 1. The van der Waals surface area contributed by atoms with Crippen LogP contribution in [0.1, 0.15) is 47.4 Å². The molecule has 1 N–H and O–H groups in total. The Balaban J connectivity index is 1.58. The van der Waals surface area contributed by atoms with Crippen molar-refractivity contribution in [2.24, 2.45) is 0 Å². The van der Waals surface area contributed by atoms with Crippen LogP contribution < -0.4 is 15.1 Å². The lowest BCUT2D eigenvalue weighted by Crippen LogP contribution is -2.24. The Morgan fingerprint density at radius 1 is 1.33 bits per heavy atom. The van der Waals surface area contributed by atoms with Gasteiger partial charge in [0.15, 0.2) is 22.6 Å². The number of Topliss-reactive ketones (excluding diaryl/α,β-unsaturated/α-hetero) is 1. The van der Waals surface area contributed by atoms with Crippen LogP contribution in [-0.2, 0) is 0 Å². The summed E-state index contributed by atoms with van der Waals surface area (Å²) < 4.78 is 23.2. The summed E-state index contributed by atoms with van der Waals surface area (Å²) in [5.41, 5.74) is 0.234. The molecule has 6 rings (SSSR count). The lowest BCUT2D eigenvalue weighted by atomic mass is 10.0. The molecular formula is C22H19FN6O3S. The third kappa shape index (κ3) is 2.90. The van der Waals surface area contributed by atoms with Crippen molar-refractivity contribution in [1.29, 1.82) is 5.26 Å². The van der Waals surface area contributed by atoms with E-state index in [4.69, 9.17) is 4.74 Å². The highest BCUT2D eigenvalue weighted by molar-refractivity contribution is 8.01. The molecule has 2 atom stereocenters. The number of carbonyl (C=O) groups excluding carboxylic acids is 1. The molecule has 0 bridgehead atoms. The van der Waals surface area contributed by atoms with Gasteiger partial charge in [0.05, 0.1) is 34.7 Å². The predicted molar refractivity (Wildman–Crippen MR) is 119 cm³/mol. The molecular weight excluding hydrogens is 447 g/mol. The normalized spacial score (nSPS) is 22.1. The Bertz CT molecular complexity index is 1410. The molecule has 1 saturated heterocycles. The van der Waals surface area contributed by atoms with Gasteiger partial charge < -0.3 is 14.2 Å². The number of aromatic nitrogens is 4. The fraction of sp³-hybridized carbons (Fsp3) is 0.409. The van der Waals surface area contributed by atoms with Crippen LogP contribution in [0.25, 0.3) is 10.9 Å². The number of aromatic amines is 1. The highest BCUT2D eigenvalue weighted by Gasteiger charge is 2.42. The second-order valence-corrected chi connectivity index (χ2v) is 9.63. The van der Waals surface area contributed by atoms with Gasteiger partial charge in [-0.3, -0.25) is 14.7 Å². The number of H-pyrrole nitrogens is 1. The summed E-state index contributed by atoms with van der Waals surface area (Å²) in [5, 5.41) is 15.8. The first-order chi connectivity index (χ1) is 16.0. The topological polar surface area (TPSA) is 117 Å². The Morgan fingerprint density at radius 3 is 2.82 bits per heavy atom. The van der Waals surface area contributed by atoms with Gasteiger partial charge in [-0.15, -0.1) is 0 Å².